The first-order chi connectivity index (χ1) is 9.47. The molecule has 0 aromatic heterocycles. The summed E-state index contributed by atoms with van der Waals surface area (Å²) in [6.07, 6.45) is 1.62. The molecule has 20 heavy (non-hydrogen) atoms. The minimum absolute atomic E-state index is 0.0131. The van der Waals surface area contributed by atoms with E-state index in [1.54, 1.807) is 19.1 Å². The van der Waals surface area contributed by atoms with Crippen molar-refractivity contribution in [2.24, 2.45) is 5.92 Å². The van der Waals surface area contributed by atoms with E-state index in [1.165, 1.54) is 6.07 Å². The third kappa shape index (κ3) is 3.36. The van der Waals surface area contributed by atoms with Crippen LogP contribution in [0.4, 0.5) is 5.69 Å². The predicted octanol–water partition coefficient (Wildman–Crippen LogP) is 2.02. The molecule has 1 amide bonds. The third-order valence-electron chi connectivity index (χ3n) is 3.73. The van der Waals surface area contributed by atoms with E-state index in [-0.39, 0.29) is 17.4 Å². The van der Waals surface area contributed by atoms with Crippen LogP contribution in [0, 0.1) is 12.8 Å². The largest absolute Gasteiger partial charge is 0.478 e. The number of aryl methyl sites for hydroxylation is 1. The van der Waals surface area contributed by atoms with Gasteiger partial charge in [-0.3, -0.25) is 4.79 Å². The van der Waals surface area contributed by atoms with Crippen molar-refractivity contribution in [2.45, 2.75) is 32.7 Å². The molecular weight excluding hydrogens is 256 g/mol. The Hall–Kier alpha value is -1.88. The van der Waals surface area contributed by atoms with E-state index in [0.717, 1.165) is 19.4 Å². The molecule has 0 aliphatic carbocycles. The Kier molecular flexibility index (Phi) is 4.39. The van der Waals surface area contributed by atoms with Crippen LogP contribution in [0.1, 0.15) is 35.7 Å². The van der Waals surface area contributed by atoms with Gasteiger partial charge >= 0.3 is 5.97 Å². The SMILES string of the molecule is Cc1ccc(NC(=O)C2CCNC(C)C2)cc1C(=O)O. The van der Waals surface area contributed by atoms with Crippen LogP contribution in [-0.4, -0.2) is 29.6 Å². The molecule has 1 heterocycles. The number of piperidine rings is 1. The first-order valence-electron chi connectivity index (χ1n) is 6.85. The standard InChI is InChI=1S/C15H20N2O3/c1-9-3-4-12(8-13(9)15(19)20)17-14(18)11-5-6-16-10(2)7-11/h3-4,8,10-11,16H,5-7H2,1-2H3,(H,17,18)(H,19,20). The highest BCUT2D eigenvalue weighted by Gasteiger charge is 2.24. The van der Waals surface area contributed by atoms with Crippen LogP contribution in [0.2, 0.25) is 0 Å². The molecule has 1 fully saturated rings. The lowest BCUT2D eigenvalue weighted by Crippen LogP contribution is -2.40. The van der Waals surface area contributed by atoms with Gasteiger partial charge in [-0.25, -0.2) is 4.79 Å². The lowest BCUT2D eigenvalue weighted by atomic mass is 9.92. The Balaban J connectivity index is 2.07. The quantitative estimate of drug-likeness (QED) is 0.789. The van der Waals surface area contributed by atoms with Crippen molar-refractivity contribution < 1.29 is 14.7 Å². The molecular formula is C15H20N2O3. The summed E-state index contributed by atoms with van der Waals surface area (Å²) in [5, 5.41) is 15.2. The fraction of sp³-hybridized carbons (Fsp3) is 0.467. The maximum Gasteiger partial charge on any atom is 0.336 e. The summed E-state index contributed by atoms with van der Waals surface area (Å²) in [5.74, 6) is -1.02. The van der Waals surface area contributed by atoms with E-state index >= 15 is 0 Å². The smallest absolute Gasteiger partial charge is 0.336 e. The number of rotatable bonds is 3. The van der Waals surface area contributed by atoms with Crippen molar-refractivity contribution in [1.82, 2.24) is 5.32 Å². The number of amides is 1. The number of carbonyl (C=O) groups is 2. The van der Waals surface area contributed by atoms with Crippen LogP contribution in [0.3, 0.4) is 0 Å². The lowest BCUT2D eigenvalue weighted by molar-refractivity contribution is -0.120. The lowest BCUT2D eigenvalue weighted by Gasteiger charge is -2.27. The van der Waals surface area contributed by atoms with E-state index < -0.39 is 5.97 Å². The molecule has 108 valence electrons. The highest BCUT2D eigenvalue weighted by molar-refractivity contribution is 5.95. The second-order valence-electron chi connectivity index (χ2n) is 5.40. The van der Waals surface area contributed by atoms with Crippen molar-refractivity contribution in [3.8, 4) is 0 Å². The van der Waals surface area contributed by atoms with Gasteiger partial charge in [-0.05, 0) is 50.9 Å². The van der Waals surface area contributed by atoms with Gasteiger partial charge in [0.25, 0.3) is 0 Å². The predicted molar refractivity (Wildman–Crippen MR) is 77.0 cm³/mol. The number of carboxylic acid groups (broad SMARTS) is 1. The molecule has 3 N–H and O–H groups in total. The van der Waals surface area contributed by atoms with E-state index in [4.69, 9.17) is 5.11 Å². The summed E-state index contributed by atoms with van der Waals surface area (Å²) in [4.78, 5) is 23.3. The van der Waals surface area contributed by atoms with Crippen molar-refractivity contribution in [3.63, 3.8) is 0 Å². The van der Waals surface area contributed by atoms with Crippen molar-refractivity contribution >= 4 is 17.6 Å². The number of carboxylic acids is 1. The van der Waals surface area contributed by atoms with Crippen molar-refractivity contribution in [1.29, 1.82) is 0 Å². The summed E-state index contributed by atoms with van der Waals surface area (Å²) >= 11 is 0. The first kappa shape index (κ1) is 14.5. The molecule has 2 unspecified atom stereocenters. The molecule has 2 atom stereocenters. The monoisotopic (exact) mass is 276 g/mol. The molecule has 1 aromatic rings. The van der Waals surface area contributed by atoms with Gasteiger partial charge in [-0.1, -0.05) is 6.07 Å². The second-order valence-corrected chi connectivity index (χ2v) is 5.40. The fourth-order valence-electron chi connectivity index (χ4n) is 2.54. The molecule has 5 nitrogen and oxygen atoms in total. The number of nitrogens with one attached hydrogen (secondary N) is 2. The Bertz CT molecular complexity index is 528. The number of carbonyl (C=O) groups excluding carboxylic acids is 1. The molecule has 1 aliphatic rings. The minimum atomic E-state index is -0.978. The maximum atomic E-state index is 12.2. The highest BCUT2D eigenvalue weighted by atomic mass is 16.4. The Labute approximate surface area is 118 Å². The van der Waals surface area contributed by atoms with Crippen LogP contribution in [0.15, 0.2) is 18.2 Å². The van der Waals surface area contributed by atoms with Gasteiger partial charge in [-0.2, -0.15) is 0 Å². The zero-order valence-corrected chi connectivity index (χ0v) is 11.8. The average molecular weight is 276 g/mol. The fourth-order valence-corrected chi connectivity index (χ4v) is 2.54. The summed E-state index contributed by atoms with van der Waals surface area (Å²) in [7, 11) is 0. The Morgan fingerprint density at radius 1 is 1.40 bits per heavy atom. The maximum absolute atomic E-state index is 12.2. The van der Waals surface area contributed by atoms with E-state index in [9.17, 15) is 9.59 Å². The van der Waals surface area contributed by atoms with Crippen LogP contribution >= 0.6 is 0 Å². The Morgan fingerprint density at radius 2 is 2.15 bits per heavy atom. The van der Waals surface area contributed by atoms with Gasteiger partial charge in [0.15, 0.2) is 0 Å². The molecule has 0 radical (unpaired) electrons. The number of hydrogen-bond acceptors (Lipinski definition) is 3. The van der Waals surface area contributed by atoms with Crippen LogP contribution in [-0.2, 0) is 4.79 Å². The normalized spacial score (nSPS) is 22.3. The molecule has 1 aliphatic heterocycles. The topological polar surface area (TPSA) is 78.4 Å². The summed E-state index contributed by atoms with van der Waals surface area (Å²) in [6, 6.07) is 5.31. The molecule has 1 saturated heterocycles. The van der Waals surface area contributed by atoms with Gasteiger partial charge in [0.05, 0.1) is 5.56 Å². The van der Waals surface area contributed by atoms with Gasteiger partial charge in [0.2, 0.25) is 5.91 Å². The molecule has 1 aromatic carbocycles. The van der Waals surface area contributed by atoms with Gasteiger partial charge < -0.3 is 15.7 Å². The minimum Gasteiger partial charge on any atom is -0.478 e. The van der Waals surface area contributed by atoms with Crippen LogP contribution < -0.4 is 10.6 Å². The van der Waals surface area contributed by atoms with Gasteiger partial charge in [0.1, 0.15) is 0 Å². The zero-order valence-electron chi connectivity index (χ0n) is 11.8. The van der Waals surface area contributed by atoms with Crippen molar-refractivity contribution in [3.05, 3.63) is 29.3 Å². The zero-order chi connectivity index (χ0) is 14.7. The molecule has 0 saturated carbocycles. The molecule has 2 rings (SSSR count). The summed E-state index contributed by atoms with van der Waals surface area (Å²) in [6.45, 7) is 4.64. The average Bonchev–Trinajstić information content (AvgIpc) is 2.40. The van der Waals surface area contributed by atoms with Crippen molar-refractivity contribution in [2.75, 3.05) is 11.9 Å². The Morgan fingerprint density at radius 3 is 2.80 bits per heavy atom. The van der Waals surface area contributed by atoms with Crippen LogP contribution in [0.5, 0.6) is 0 Å². The third-order valence-corrected chi connectivity index (χ3v) is 3.73. The van der Waals surface area contributed by atoms with E-state index in [2.05, 4.69) is 17.6 Å². The van der Waals surface area contributed by atoms with Gasteiger partial charge in [0, 0.05) is 17.6 Å². The summed E-state index contributed by atoms with van der Waals surface area (Å²) < 4.78 is 0. The van der Waals surface area contributed by atoms with Gasteiger partial charge in [-0.15, -0.1) is 0 Å². The summed E-state index contributed by atoms with van der Waals surface area (Å²) in [5.41, 5.74) is 1.46. The second kappa shape index (κ2) is 6.05. The first-order valence-corrected chi connectivity index (χ1v) is 6.85. The van der Waals surface area contributed by atoms with E-state index in [1.807, 2.05) is 0 Å². The van der Waals surface area contributed by atoms with E-state index in [0.29, 0.717) is 17.3 Å². The molecule has 0 spiro atoms. The number of hydrogen-bond donors (Lipinski definition) is 3. The highest BCUT2D eigenvalue weighted by Crippen LogP contribution is 2.20. The number of anilines is 1. The molecule has 5 heteroatoms. The molecule has 0 bridgehead atoms. The number of benzene rings is 1. The number of aromatic carboxylic acids is 1. The van der Waals surface area contributed by atoms with Crippen LogP contribution in [0.25, 0.3) is 0 Å².